The van der Waals surface area contributed by atoms with Crippen molar-refractivity contribution < 1.29 is 9.59 Å². The lowest BCUT2D eigenvalue weighted by Gasteiger charge is -2.31. The van der Waals surface area contributed by atoms with Crippen LogP contribution in [-0.4, -0.2) is 53.1 Å². The zero-order chi connectivity index (χ0) is 15.2. The van der Waals surface area contributed by atoms with Crippen LogP contribution in [0.1, 0.15) is 35.9 Å². The quantitative estimate of drug-likeness (QED) is 0.723. The van der Waals surface area contributed by atoms with E-state index in [0.717, 1.165) is 25.0 Å². The minimum absolute atomic E-state index is 0. The van der Waals surface area contributed by atoms with Crippen LogP contribution in [0.3, 0.4) is 0 Å². The molecular weight excluding hydrogens is 306 g/mol. The van der Waals surface area contributed by atoms with Gasteiger partial charge >= 0.3 is 0 Å². The highest BCUT2D eigenvalue weighted by Gasteiger charge is 2.29. The Morgan fingerprint density at radius 2 is 2.32 bits per heavy atom. The monoisotopic (exact) mass is 329 g/mol. The lowest BCUT2D eigenvalue weighted by Crippen LogP contribution is -2.46. The molecule has 1 aromatic heterocycles. The van der Waals surface area contributed by atoms with Crippen LogP contribution in [0.4, 0.5) is 0 Å². The third-order valence-electron chi connectivity index (χ3n) is 3.75. The summed E-state index contributed by atoms with van der Waals surface area (Å²) < 4.78 is 0. The number of rotatable bonds is 5. The number of hydrogen-bond donors (Lipinski definition) is 3. The Morgan fingerprint density at radius 1 is 1.55 bits per heavy atom. The second kappa shape index (κ2) is 8.75. The molecule has 1 atom stereocenters. The minimum atomic E-state index is -0.154. The van der Waals surface area contributed by atoms with Gasteiger partial charge in [-0.2, -0.15) is 5.10 Å². The van der Waals surface area contributed by atoms with Crippen molar-refractivity contribution in [2.45, 2.75) is 26.2 Å². The average molecular weight is 330 g/mol. The molecule has 22 heavy (non-hydrogen) atoms. The lowest BCUT2D eigenvalue weighted by atomic mass is 9.97. The normalized spacial score (nSPS) is 17.7. The molecule has 0 radical (unpaired) electrons. The minimum Gasteiger partial charge on any atom is -0.355 e. The Morgan fingerprint density at radius 3 is 2.95 bits per heavy atom. The fourth-order valence-corrected chi connectivity index (χ4v) is 2.53. The summed E-state index contributed by atoms with van der Waals surface area (Å²) in [6.45, 7) is 4.02. The summed E-state index contributed by atoms with van der Waals surface area (Å²) in [6, 6.07) is 1.78. The van der Waals surface area contributed by atoms with Crippen molar-refractivity contribution in [1.82, 2.24) is 20.4 Å². The van der Waals surface area contributed by atoms with E-state index in [1.165, 1.54) is 0 Å². The van der Waals surface area contributed by atoms with Crippen molar-refractivity contribution in [2.75, 3.05) is 26.2 Å². The van der Waals surface area contributed by atoms with Gasteiger partial charge < -0.3 is 16.0 Å². The fourth-order valence-electron chi connectivity index (χ4n) is 2.53. The van der Waals surface area contributed by atoms with Crippen molar-refractivity contribution >= 4 is 24.2 Å². The molecular formula is C14H24ClN5O2. The number of aromatic amines is 1. The van der Waals surface area contributed by atoms with E-state index in [-0.39, 0.29) is 30.1 Å². The molecule has 1 aliphatic rings. The van der Waals surface area contributed by atoms with E-state index in [1.807, 2.05) is 6.92 Å². The number of amides is 2. The second-order valence-electron chi connectivity index (χ2n) is 5.30. The van der Waals surface area contributed by atoms with Gasteiger partial charge in [-0.1, -0.05) is 6.92 Å². The van der Waals surface area contributed by atoms with E-state index in [1.54, 1.807) is 11.0 Å². The van der Waals surface area contributed by atoms with Gasteiger partial charge in [0.25, 0.3) is 5.91 Å². The van der Waals surface area contributed by atoms with Crippen molar-refractivity contribution in [3.8, 4) is 0 Å². The zero-order valence-electron chi connectivity index (χ0n) is 12.8. The van der Waals surface area contributed by atoms with E-state index in [9.17, 15) is 9.59 Å². The molecule has 1 fully saturated rings. The molecule has 4 N–H and O–H groups in total. The van der Waals surface area contributed by atoms with Gasteiger partial charge in [0, 0.05) is 31.9 Å². The Hall–Kier alpha value is -1.60. The van der Waals surface area contributed by atoms with Crippen LogP contribution in [-0.2, 0) is 11.2 Å². The third-order valence-corrected chi connectivity index (χ3v) is 3.75. The van der Waals surface area contributed by atoms with Gasteiger partial charge in [-0.3, -0.25) is 14.7 Å². The SMILES string of the molecule is CCc1cc(C(=O)N2CCCC(C(=O)NCCN)C2)n[nH]1.Cl. The highest BCUT2D eigenvalue weighted by molar-refractivity contribution is 5.93. The first-order chi connectivity index (χ1) is 10.2. The summed E-state index contributed by atoms with van der Waals surface area (Å²) >= 11 is 0. The number of nitrogens with zero attached hydrogens (tertiary/aromatic N) is 2. The van der Waals surface area contributed by atoms with E-state index in [4.69, 9.17) is 5.73 Å². The fraction of sp³-hybridized carbons (Fsp3) is 0.643. The molecule has 1 aliphatic heterocycles. The van der Waals surface area contributed by atoms with Gasteiger partial charge in [-0.25, -0.2) is 0 Å². The number of nitrogens with two attached hydrogens (primary N) is 1. The maximum Gasteiger partial charge on any atom is 0.274 e. The van der Waals surface area contributed by atoms with Crippen molar-refractivity contribution in [3.63, 3.8) is 0 Å². The van der Waals surface area contributed by atoms with Gasteiger partial charge in [-0.05, 0) is 25.3 Å². The number of nitrogens with one attached hydrogen (secondary N) is 2. The number of aromatic nitrogens is 2. The van der Waals surface area contributed by atoms with E-state index in [0.29, 0.717) is 31.9 Å². The standard InChI is InChI=1S/C14H23N5O2.ClH/c1-2-11-8-12(18-17-11)14(21)19-7-3-4-10(9-19)13(20)16-6-5-15;/h8,10H,2-7,9,15H2,1H3,(H,16,20)(H,17,18);1H. The molecule has 2 amide bonds. The highest BCUT2D eigenvalue weighted by atomic mass is 35.5. The smallest absolute Gasteiger partial charge is 0.274 e. The number of aryl methyl sites for hydroxylation is 1. The second-order valence-corrected chi connectivity index (χ2v) is 5.30. The van der Waals surface area contributed by atoms with E-state index in [2.05, 4.69) is 15.5 Å². The predicted octanol–water partition coefficient (Wildman–Crippen LogP) is 0.321. The van der Waals surface area contributed by atoms with Crippen molar-refractivity contribution in [1.29, 1.82) is 0 Å². The van der Waals surface area contributed by atoms with Gasteiger partial charge in [0.2, 0.25) is 5.91 Å². The molecule has 7 nitrogen and oxygen atoms in total. The van der Waals surface area contributed by atoms with E-state index >= 15 is 0 Å². The Labute approximate surface area is 136 Å². The van der Waals surface area contributed by atoms with Crippen LogP contribution in [0.25, 0.3) is 0 Å². The van der Waals surface area contributed by atoms with Crippen LogP contribution in [0.15, 0.2) is 6.07 Å². The van der Waals surface area contributed by atoms with Gasteiger partial charge in [0.15, 0.2) is 0 Å². The Bertz CT molecular complexity index is 505. The summed E-state index contributed by atoms with van der Waals surface area (Å²) in [5.41, 5.74) is 6.75. The van der Waals surface area contributed by atoms with Crippen molar-refractivity contribution in [3.05, 3.63) is 17.5 Å². The number of carbonyl (C=O) groups is 2. The number of H-pyrrole nitrogens is 1. The summed E-state index contributed by atoms with van der Waals surface area (Å²) in [6.07, 6.45) is 2.45. The molecule has 0 aliphatic carbocycles. The summed E-state index contributed by atoms with van der Waals surface area (Å²) in [4.78, 5) is 26.1. The molecule has 0 spiro atoms. The van der Waals surface area contributed by atoms with Gasteiger partial charge in [0.1, 0.15) is 5.69 Å². The van der Waals surface area contributed by atoms with Gasteiger partial charge in [-0.15, -0.1) is 12.4 Å². The largest absolute Gasteiger partial charge is 0.355 e. The van der Waals surface area contributed by atoms with Crippen LogP contribution in [0, 0.1) is 5.92 Å². The number of halogens is 1. The van der Waals surface area contributed by atoms with Crippen LogP contribution in [0.2, 0.25) is 0 Å². The Kier molecular flexibility index (Phi) is 7.34. The highest BCUT2D eigenvalue weighted by Crippen LogP contribution is 2.18. The molecule has 0 aromatic carbocycles. The van der Waals surface area contributed by atoms with Crippen LogP contribution >= 0.6 is 12.4 Å². The number of likely N-dealkylation sites (tertiary alicyclic amines) is 1. The first-order valence-electron chi connectivity index (χ1n) is 7.47. The third kappa shape index (κ3) is 4.45. The first-order valence-corrected chi connectivity index (χ1v) is 7.47. The Balaban J connectivity index is 0.00000242. The molecule has 1 aromatic rings. The van der Waals surface area contributed by atoms with Crippen molar-refractivity contribution in [2.24, 2.45) is 11.7 Å². The summed E-state index contributed by atoms with van der Waals surface area (Å²) in [7, 11) is 0. The maximum atomic E-state index is 12.4. The summed E-state index contributed by atoms with van der Waals surface area (Å²) in [5.74, 6) is -0.282. The number of carbonyl (C=O) groups excluding carboxylic acids is 2. The number of hydrogen-bond acceptors (Lipinski definition) is 4. The topological polar surface area (TPSA) is 104 Å². The zero-order valence-corrected chi connectivity index (χ0v) is 13.6. The van der Waals surface area contributed by atoms with Crippen LogP contribution < -0.4 is 11.1 Å². The molecule has 1 unspecified atom stereocenters. The van der Waals surface area contributed by atoms with Gasteiger partial charge in [0.05, 0.1) is 5.92 Å². The molecule has 2 heterocycles. The predicted molar refractivity (Wildman–Crippen MR) is 85.9 cm³/mol. The molecule has 2 rings (SSSR count). The molecule has 8 heteroatoms. The average Bonchev–Trinajstić information content (AvgIpc) is 3.01. The maximum absolute atomic E-state index is 12.4. The lowest BCUT2D eigenvalue weighted by molar-refractivity contribution is -0.126. The molecule has 1 saturated heterocycles. The summed E-state index contributed by atoms with van der Waals surface area (Å²) in [5, 5.41) is 9.69. The number of piperidine rings is 1. The molecule has 0 bridgehead atoms. The van der Waals surface area contributed by atoms with Crippen LogP contribution in [0.5, 0.6) is 0 Å². The van der Waals surface area contributed by atoms with E-state index < -0.39 is 0 Å². The molecule has 0 saturated carbocycles. The first kappa shape index (κ1) is 18.4. The molecule has 124 valence electrons.